The van der Waals surface area contributed by atoms with Crippen molar-refractivity contribution in [3.05, 3.63) is 58.1 Å². The van der Waals surface area contributed by atoms with Gasteiger partial charge in [0.05, 0.1) is 5.69 Å². The van der Waals surface area contributed by atoms with E-state index in [0.29, 0.717) is 10.9 Å². The van der Waals surface area contributed by atoms with Gasteiger partial charge in [0.25, 0.3) is 0 Å². The number of benzene rings is 1. The van der Waals surface area contributed by atoms with Crippen LogP contribution in [-0.2, 0) is 6.54 Å². The van der Waals surface area contributed by atoms with E-state index >= 15 is 0 Å². The molecule has 0 unspecified atom stereocenters. The Morgan fingerprint density at radius 3 is 2.79 bits per heavy atom. The van der Waals surface area contributed by atoms with Gasteiger partial charge in [-0.05, 0) is 63.2 Å². The van der Waals surface area contributed by atoms with Gasteiger partial charge in [-0.1, -0.05) is 11.6 Å². The molecule has 0 amide bonds. The summed E-state index contributed by atoms with van der Waals surface area (Å²) in [5, 5.41) is 3.77. The summed E-state index contributed by atoms with van der Waals surface area (Å²) in [7, 11) is 0. The van der Waals surface area contributed by atoms with Crippen LogP contribution >= 0.6 is 22.9 Å². The molecule has 0 N–H and O–H groups in total. The number of thiazole rings is 1. The number of likely N-dealkylation sites (tertiary alicyclic amines) is 1. The van der Waals surface area contributed by atoms with Crippen molar-refractivity contribution in [1.82, 2.24) is 14.9 Å². The Kier molecular flexibility index (Phi) is 4.70. The molecule has 1 aromatic carbocycles. The predicted octanol–water partition coefficient (Wildman–Crippen LogP) is 5.89. The first-order chi connectivity index (χ1) is 13.6. The summed E-state index contributed by atoms with van der Waals surface area (Å²) in [6.45, 7) is 4.84. The molecule has 0 bridgehead atoms. The Labute approximate surface area is 172 Å². The molecule has 0 radical (unpaired) electrons. The van der Waals surface area contributed by atoms with Crippen LogP contribution in [0, 0.1) is 6.92 Å². The summed E-state index contributed by atoms with van der Waals surface area (Å²) < 4.78 is 11.6. The van der Waals surface area contributed by atoms with E-state index in [9.17, 15) is 0 Å². The zero-order valence-corrected chi connectivity index (χ0v) is 17.1. The molecular formula is C21H20ClN3O2S. The van der Waals surface area contributed by atoms with Crippen molar-refractivity contribution >= 4 is 34.0 Å². The Morgan fingerprint density at radius 2 is 2.00 bits per heavy atom. The second kappa shape index (κ2) is 7.35. The summed E-state index contributed by atoms with van der Waals surface area (Å²) in [6.07, 6.45) is 2.07. The smallest absolute Gasteiger partial charge is 0.198 e. The molecule has 7 heteroatoms. The van der Waals surface area contributed by atoms with Crippen LogP contribution in [0.1, 0.15) is 36.1 Å². The summed E-state index contributed by atoms with van der Waals surface area (Å²) in [4.78, 5) is 11.8. The number of aryl methyl sites for hydroxylation is 1. The number of furan rings is 1. The molecule has 1 aliphatic heterocycles. The molecule has 5 rings (SSSR count). The number of hydrogen-bond acceptors (Lipinski definition) is 6. The van der Waals surface area contributed by atoms with Gasteiger partial charge in [-0.2, -0.15) is 0 Å². The monoisotopic (exact) mass is 413 g/mol. The van der Waals surface area contributed by atoms with E-state index in [-0.39, 0.29) is 0 Å². The van der Waals surface area contributed by atoms with Gasteiger partial charge < -0.3 is 8.83 Å². The third-order valence-electron chi connectivity index (χ3n) is 5.19. The first-order valence-electron chi connectivity index (χ1n) is 9.43. The normalized spacial score (nSPS) is 16.2. The van der Waals surface area contributed by atoms with Crippen LogP contribution in [0.2, 0.25) is 5.02 Å². The van der Waals surface area contributed by atoms with Crippen molar-refractivity contribution in [3.8, 4) is 10.8 Å². The van der Waals surface area contributed by atoms with E-state index < -0.39 is 0 Å². The highest BCUT2D eigenvalue weighted by Gasteiger charge is 2.25. The number of fused-ring (bicyclic) bond motifs is 1. The van der Waals surface area contributed by atoms with Crippen LogP contribution in [-0.4, -0.2) is 28.0 Å². The second-order valence-electron chi connectivity index (χ2n) is 7.27. The minimum atomic E-state index is 0.361. The van der Waals surface area contributed by atoms with E-state index in [1.54, 1.807) is 11.3 Å². The molecule has 0 atom stereocenters. The largest absolute Gasteiger partial charge is 0.459 e. The highest BCUT2D eigenvalue weighted by atomic mass is 35.5. The molecular weight excluding hydrogens is 394 g/mol. The van der Waals surface area contributed by atoms with Gasteiger partial charge in [0.15, 0.2) is 22.2 Å². The first kappa shape index (κ1) is 17.9. The van der Waals surface area contributed by atoms with E-state index in [0.717, 1.165) is 71.7 Å². The standard InChI is InChI=1S/C21H20ClN3O2S/c1-13-2-4-19(26-13)21-23-16(12-28-21)11-25-8-6-14(7-9-25)20-24-17-10-15(22)3-5-18(17)27-20/h2-5,10,12,14H,6-9,11H2,1H3. The van der Waals surface area contributed by atoms with Gasteiger partial charge in [-0.15, -0.1) is 11.3 Å². The SMILES string of the molecule is Cc1ccc(-c2nc(CN3CCC(c4nc5cc(Cl)ccc5o4)CC3)cs2)o1. The number of rotatable bonds is 4. The molecule has 0 aliphatic carbocycles. The molecule has 1 fully saturated rings. The van der Waals surface area contributed by atoms with Crippen LogP contribution in [0.25, 0.3) is 21.9 Å². The number of nitrogens with zero attached hydrogens (tertiary/aromatic N) is 3. The zero-order chi connectivity index (χ0) is 19.1. The van der Waals surface area contributed by atoms with E-state index in [1.165, 1.54) is 0 Å². The minimum Gasteiger partial charge on any atom is -0.459 e. The molecule has 3 aromatic heterocycles. The van der Waals surface area contributed by atoms with E-state index in [4.69, 9.17) is 25.4 Å². The molecule has 28 heavy (non-hydrogen) atoms. The second-order valence-corrected chi connectivity index (χ2v) is 8.56. The quantitative estimate of drug-likeness (QED) is 0.417. The topological polar surface area (TPSA) is 55.3 Å². The summed E-state index contributed by atoms with van der Waals surface area (Å²) in [5.74, 6) is 2.96. The van der Waals surface area contributed by atoms with Crippen LogP contribution < -0.4 is 0 Å². The third kappa shape index (κ3) is 3.60. The fourth-order valence-corrected chi connectivity index (χ4v) is 4.64. The molecule has 4 aromatic rings. The predicted molar refractivity (Wildman–Crippen MR) is 111 cm³/mol. The number of aromatic nitrogens is 2. The molecule has 144 valence electrons. The van der Waals surface area contributed by atoms with Gasteiger partial charge in [0, 0.05) is 22.9 Å². The lowest BCUT2D eigenvalue weighted by atomic mass is 9.97. The first-order valence-corrected chi connectivity index (χ1v) is 10.7. The fraction of sp³-hybridized carbons (Fsp3) is 0.333. The Balaban J connectivity index is 1.21. The van der Waals surface area contributed by atoms with Crippen molar-refractivity contribution in [2.24, 2.45) is 0 Å². The lowest BCUT2D eigenvalue weighted by Gasteiger charge is -2.29. The molecule has 5 nitrogen and oxygen atoms in total. The number of oxazole rings is 1. The van der Waals surface area contributed by atoms with Gasteiger partial charge in [0.2, 0.25) is 0 Å². The molecule has 0 spiro atoms. The summed E-state index contributed by atoms with van der Waals surface area (Å²) >= 11 is 7.69. The minimum absolute atomic E-state index is 0.361. The Morgan fingerprint density at radius 1 is 1.14 bits per heavy atom. The molecule has 1 aliphatic rings. The Bertz CT molecular complexity index is 1110. The van der Waals surface area contributed by atoms with Crippen molar-refractivity contribution in [2.75, 3.05) is 13.1 Å². The van der Waals surface area contributed by atoms with Crippen LogP contribution in [0.3, 0.4) is 0 Å². The van der Waals surface area contributed by atoms with Crippen molar-refractivity contribution in [3.63, 3.8) is 0 Å². The van der Waals surface area contributed by atoms with Gasteiger partial charge in [-0.3, -0.25) is 4.90 Å². The van der Waals surface area contributed by atoms with Crippen LogP contribution in [0.4, 0.5) is 0 Å². The Hall–Kier alpha value is -2.15. The van der Waals surface area contributed by atoms with Gasteiger partial charge in [0.1, 0.15) is 11.3 Å². The maximum absolute atomic E-state index is 6.05. The number of halogens is 1. The van der Waals surface area contributed by atoms with Crippen molar-refractivity contribution in [1.29, 1.82) is 0 Å². The highest BCUT2D eigenvalue weighted by Crippen LogP contribution is 2.32. The number of hydrogen-bond donors (Lipinski definition) is 0. The van der Waals surface area contributed by atoms with Gasteiger partial charge >= 0.3 is 0 Å². The lowest BCUT2D eigenvalue weighted by Crippen LogP contribution is -2.32. The van der Waals surface area contributed by atoms with E-state index in [1.807, 2.05) is 37.3 Å². The molecule has 4 heterocycles. The molecule has 0 saturated carbocycles. The molecule has 1 saturated heterocycles. The van der Waals surface area contributed by atoms with Crippen LogP contribution in [0.15, 0.2) is 44.5 Å². The third-order valence-corrected chi connectivity index (χ3v) is 6.33. The van der Waals surface area contributed by atoms with E-state index in [2.05, 4.69) is 15.3 Å². The fourth-order valence-electron chi connectivity index (χ4n) is 3.70. The average molecular weight is 414 g/mol. The summed E-state index contributed by atoms with van der Waals surface area (Å²) in [6, 6.07) is 9.55. The average Bonchev–Trinajstić information content (AvgIpc) is 3.41. The van der Waals surface area contributed by atoms with Crippen LogP contribution in [0.5, 0.6) is 0 Å². The maximum Gasteiger partial charge on any atom is 0.198 e. The maximum atomic E-state index is 6.05. The lowest BCUT2D eigenvalue weighted by molar-refractivity contribution is 0.192. The van der Waals surface area contributed by atoms with Crippen molar-refractivity contribution in [2.45, 2.75) is 32.2 Å². The van der Waals surface area contributed by atoms with Gasteiger partial charge in [-0.25, -0.2) is 9.97 Å². The van der Waals surface area contributed by atoms with Crippen molar-refractivity contribution < 1.29 is 8.83 Å². The summed E-state index contributed by atoms with van der Waals surface area (Å²) in [5.41, 5.74) is 2.75. The number of piperidine rings is 1. The highest BCUT2D eigenvalue weighted by molar-refractivity contribution is 7.13. The zero-order valence-electron chi connectivity index (χ0n) is 15.5.